The maximum atomic E-state index is 7.62. The van der Waals surface area contributed by atoms with E-state index in [1.807, 2.05) is 26.2 Å². The third kappa shape index (κ3) is 5.56. The number of aromatic nitrogens is 1. The van der Waals surface area contributed by atoms with Gasteiger partial charge in [0.1, 0.15) is 0 Å². The number of hydrogen-bond donors (Lipinski definition) is 2. The number of nitrogens with zero attached hydrogens (tertiary/aromatic N) is 1. The van der Waals surface area contributed by atoms with Gasteiger partial charge in [0, 0.05) is 11.6 Å². The molecule has 0 radical (unpaired) electrons. The Balaban J connectivity index is 0.000000368. The van der Waals surface area contributed by atoms with Gasteiger partial charge < -0.3 is 19.7 Å². The molecule has 0 aromatic carbocycles. The molecule has 1 aromatic rings. The van der Waals surface area contributed by atoms with Gasteiger partial charge in [-0.2, -0.15) is 0 Å². The summed E-state index contributed by atoms with van der Waals surface area (Å²) >= 11 is 1.56. The SMILES string of the molecule is CC.CC1(c2nccs2)OCCO1.OCCO. The number of ether oxygens (including phenoxy) is 2. The molecule has 6 heteroatoms. The predicted octanol–water partition coefficient (Wildman–Crippen LogP) is 1.36. The van der Waals surface area contributed by atoms with E-state index >= 15 is 0 Å². The lowest BCUT2D eigenvalue weighted by molar-refractivity contribution is -0.149. The highest BCUT2D eigenvalue weighted by molar-refractivity contribution is 7.09. The molecule has 0 unspecified atom stereocenters. The van der Waals surface area contributed by atoms with Gasteiger partial charge in [-0.25, -0.2) is 4.98 Å². The normalized spacial score (nSPS) is 16.5. The summed E-state index contributed by atoms with van der Waals surface area (Å²) in [7, 11) is 0. The van der Waals surface area contributed by atoms with Gasteiger partial charge in [0.15, 0.2) is 5.01 Å². The molecule has 0 saturated carbocycles. The van der Waals surface area contributed by atoms with E-state index in [2.05, 4.69) is 4.98 Å². The fourth-order valence-electron chi connectivity index (χ4n) is 1.09. The zero-order valence-electron chi connectivity index (χ0n) is 10.5. The fourth-order valence-corrected chi connectivity index (χ4v) is 1.79. The van der Waals surface area contributed by atoms with E-state index in [4.69, 9.17) is 19.7 Å². The predicted molar refractivity (Wildman–Crippen MR) is 66.9 cm³/mol. The fraction of sp³-hybridized carbons (Fsp3) is 0.727. The van der Waals surface area contributed by atoms with Crippen LogP contribution in [0.5, 0.6) is 0 Å². The van der Waals surface area contributed by atoms with Crippen LogP contribution in [0.4, 0.5) is 0 Å². The third-order valence-corrected chi connectivity index (χ3v) is 2.72. The van der Waals surface area contributed by atoms with E-state index in [-0.39, 0.29) is 13.2 Å². The van der Waals surface area contributed by atoms with Crippen LogP contribution in [-0.2, 0) is 15.3 Å². The monoisotopic (exact) mass is 263 g/mol. The van der Waals surface area contributed by atoms with Crippen molar-refractivity contribution in [1.29, 1.82) is 0 Å². The Labute approximate surface area is 106 Å². The van der Waals surface area contributed by atoms with Crippen molar-refractivity contribution < 1.29 is 19.7 Å². The first-order valence-corrected chi connectivity index (χ1v) is 6.50. The Morgan fingerprint density at radius 3 is 2.18 bits per heavy atom. The average molecular weight is 263 g/mol. The van der Waals surface area contributed by atoms with Crippen LogP contribution in [0.1, 0.15) is 25.8 Å². The van der Waals surface area contributed by atoms with E-state index in [9.17, 15) is 0 Å². The highest BCUT2D eigenvalue weighted by atomic mass is 32.1. The van der Waals surface area contributed by atoms with Crippen LogP contribution in [0.2, 0.25) is 0 Å². The van der Waals surface area contributed by atoms with Gasteiger partial charge in [-0.1, -0.05) is 13.8 Å². The molecule has 100 valence electrons. The summed E-state index contributed by atoms with van der Waals surface area (Å²) in [5, 5.41) is 18.1. The number of aliphatic hydroxyl groups excluding tert-OH is 2. The minimum Gasteiger partial charge on any atom is -0.394 e. The number of hydrogen-bond acceptors (Lipinski definition) is 6. The smallest absolute Gasteiger partial charge is 0.219 e. The standard InChI is InChI=1S/C7H9NO2S.C2H6O2.C2H6/c1-7(9-3-4-10-7)6-8-2-5-11-6;3-1-2-4;1-2/h2,5H,3-4H2,1H3;3-4H,1-2H2;1-2H3. The number of aliphatic hydroxyl groups is 2. The molecule has 0 spiro atoms. The van der Waals surface area contributed by atoms with Crippen molar-refractivity contribution in [2.75, 3.05) is 26.4 Å². The summed E-state index contributed by atoms with van der Waals surface area (Å²) in [5.74, 6) is -0.575. The summed E-state index contributed by atoms with van der Waals surface area (Å²) in [4.78, 5) is 4.14. The molecule has 1 aromatic heterocycles. The molecular weight excluding hydrogens is 242 g/mol. The summed E-state index contributed by atoms with van der Waals surface area (Å²) < 4.78 is 10.8. The Kier molecular flexibility index (Phi) is 9.20. The molecule has 0 atom stereocenters. The molecule has 1 fully saturated rings. The molecule has 2 N–H and O–H groups in total. The average Bonchev–Trinajstić information content (AvgIpc) is 3.03. The van der Waals surface area contributed by atoms with Crippen molar-refractivity contribution in [3.63, 3.8) is 0 Å². The van der Waals surface area contributed by atoms with Crippen LogP contribution in [-0.4, -0.2) is 41.6 Å². The summed E-state index contributed by atoms with van der Waals surface area (Å²) in [6.45, 7) is 6.98. The quantitative estimate of drug-likeness (QED) is 0.843. The molecule has 17 heavy (non-hydrogen) atoms. The maximum Gasteiger partial charge on any atom is 0.219 e. The van der Waals surface area contributed by atoms with Crippen molar-refractivity contribution in [2.24, 2.45) is 0 Å². The zero-order chi connectivity index (χ0) is 13.1. The number of rotatable bonds is 2. The molecule has 0 amide bonds. The van der Waals surface area contributed by atoms with Crippen LogP contribution >= 0.6 is 11.3 Å². The first-order chi connectivity index (χ1) is 8.23. The molecule has 2 rings (SSSR count). The molecule has 0 bridgehead atoms. The largest absolute Gasteiger partial charge is 0.394 e. The Morgan fingerprint density at radius 2 is 1.82 bits per heavy atom. The molecule has 2 heterocycles. The molecule has 1 aliphatic heterocycles. The van der Waals surface area contributed by atoms with Gasteiger partial charge in [-0.3, -0.25) is 0 Å². The molecule has 0 aliphatic carbocycles. The van der Waals surface area contributed by atoms with Gasteiger partial charge in [0.25, 0.3) is 0 Å². The summed E-state index contributed by atoms with van der Waals surface area (Å²) in [5.41, 5.74) is 0. The van der Waals surface area contributed by atoms with Gasteiger partial charge in [-0.15, -0.1) is 11.3 Å². The molecule has 5 nitrogen and oxygen atoms in total. The van der Waals surface area contributed by atoms with E-state index in [1.165, 1.54) is 0 Å². The second kappa shape index (κ2) is 9.49. The Morgan fingerprint density at radius 1 is 1.29 bits per heavy atom. The second-order valence-electron chi connectivity index (χ2n) is 2.93. The highest BCUT2D eigenvalue weighted by Gasteiger charge is 2.35. The lowest BCUT2D eigenvalue weighted by Gasteiger charge is -2.18. The van der Waals surface area contributed by atoms with E-state index in [1.54, 1.807) is 17.5 Å². The van der Waals surface area contributed by atoms with E-state index in [0.29, 0.717) is 13.2 Å². The van der Waals surface area contributed by atoms with E-state index < -0.39 is 5.79 Å². The van der Waals surface area contributed by atoms with Crippen molar-refractivity contribution in [3.8, 4) is 0 Å². The minimum absolute atomic E-state index is 0.125. The molecule has 1 saturated heterocycles. The van der Waals surface area contributed by atoms with Crippen LogP contribution in [0.25, 0.3) is 0 Å². The van der Waals surface area contributed by atoms with Gasteiger partial charge in [0.05, 0.1) is 26.4 Å². The molecular formula is C11H21NO4S. The van der Waals surface area contributed by atoms with Crippen LogP contribution in [0.3, 0.4) is 0 Å². The summed E-state index contributed by atoms with van der Waals surface area (Å²) in [6.07, 6.45) is 1.76. The third-order valence-electron chi connectivity index (χ3n) is 1.76. The summed E-state index contributed by atoms with van der Waals surface area (Å²) in [6, 6.07) is 0. The lowest BCUT2D eigenvalue weighted by Crippen LogP contribution is -2.21. The van der Waals surface area contributed by atoms with E-state index in [0.717, 1.165) is 5.01 Å². The van der Waals surface area contributed by atoms with Crippen LogP contribution in [0, 0.1) is 0 Å². The lowest BCUT2D eigenvalue weighted by atomic mass is 10.3. The van der Waals surface area contributed by atoms with Crippen molar-refractivity contribution >= 4 is 11.3 Å². The highest BCUT2D eigenvalue weighted by Crippen LogP contribution is 2.31. The van der Waals surface area contributed by atoms with Crippen molar-refractivity contribution in [1.82, 2.24) is 4.98 Å². The maximum absolute atomic E-state index is 7.62. The van der Waals surface area contributed by atoms with Crippen LogP contribution in [0.15, 0.2) is 11.6 Å². The second-order valence-corrected chi connectivity index (χ2v) is 3.82. The Hall–Kier alpha value is -0.530. The topological polar surface area (TPSA) is 71.8 Å². The van der Waals surface area contributed by atoms with Crippen LogP contribution < -0.4 is 0 Å². The van der Waals surface area contributed by atoms with Crippen molar-refractivity contribution in [2.45, 2.75) is 26.6 Å². The Bertz CT molecular complexity index is 258. The van der Waals surface area contributed by atoms with Gasteiger partial charge >= 0.3 is 0 Å². The zero-order valence-corrected chi connectivity index (χ0v) is 11.4. The van der Waals surface area contributed by atoms with Gasteiger partial charge in [0.2, 0.25) is 5.79 Å². The number of thiazole rings is 1. The molecule has 1 aliphatic rings. The first kappa shape index (κ1) is 16.5. The minimum atomic E-state index is -0.575. The van der Waals surface area contributed by atoms with Crippen molar-refractivity contribution in [3.05, 3.63) is 16.6 Å². The van der Waals surface area contributed by atoms with Gasteiger partial charge in [-0.05, 0) is 6.92 Å². The first-order valence-electron chi connectivity index (χ1n) is 5.62.